The van der Waals surface area contributed by atoms with Gasteiger partial charge in [0, 0.05) is 32.3 Å². The molecule has 2 aliphatic rings. The summed E-state index contributed by atoms with van der Waals surface area (Å²) in [5, 5.41) is 2.72. The Morgan fingerprint density at radius 3 is 2.15 bits per heavy atom. The van der Waals surface area contributed by atoms with Crippen LogP contribution in [0.3, 0.4) is 0 Å². The standard InChI is InChI=1S/C20H22N2O4S/c1-15(23)21-18-7-3-16(4-8-18)17-5-9-19(10-6-17)27(24,25)22-13-20(14-22)11-2-12-26-20/h3-10H,2,11-14H2,1H3,(H,21,23). The van der Waals surface area contributed by atoms with Crippen molar-refractivity contribution in [2.75, 3.05) is 25.0 Å². The maximum absolute atomic E-state index is 12.8. The topological polar surface area (TPSA) is 75.7 Å². The Bertz CT molecular complexity index is 938. The van der Waals surface area contributed by atoms with E-state index in [-0.39, 0.29) is 11.5 Å². The minimum atomic E-state index is -3.48. The van der Waals surface area contributed by atoms with Crippen LogP contribution in [0.4, 0.5) is 5.69 Å². The Morgan fingerprint density at radius 2 is 1.63 bits per heavy atom. The van der Waals surface area contributed by atoms with Crippen LogP contribution in [0.5, 0.6) is 0 Å². The lowest BCUT2D eigenvalue weighted by Gasteiger charge is -2.45. The molecule has 1 spiro atoms. The van der Waals surface area contributed by atoms with Crippen molar-refractivity contribution in [1.29, 1.82) is 0 Å². The molecule has 0 aromatic heterocycles. The van der Waals surface area contributed by atoms with Crippen molar-refractivity contribution in [2.24, 2.45) is 0 Å². The number of amides is 1. The first-order chi connectivity index (χ1) is 12.9. The fourth-order valence-electron chi connectivity index (χ4n) is 3.69. The molecule has 142 valence electrons. The monoisotopic (exact) mass is 386 g/mol. The summed E-state index contributed by atoms with van der Waals surface area (Å²) >= 11 is 0. The van der Waals surface area contributed by atoms with Gasteiger partial charge < -0.3 is 10.1 Å². The van der Waals surface area contributed by atoms with Crippen LogP contribution in [0.2, 0.25) is 0 Å². The third-order valence-corrected chi connectivity index (χ3v) is 6.95. The van der Waals surface area contributed by atoms with E-state index in [9.17, 15) is 13.2 Å². The van der Waals surface area contributed by atoms with Crippen molar-refractivity contribution in [3.8, 4) is 11.1 Å². The molecule has 2 aliphatic heterocycles. The Hall–Kier alpha value is -2.22. The molecule has 0 unspecified atom stereocenters. The first-order valence-corrected chi connectivity index (χ1v) is 10.4. The normalized spacial score (nSPS) is 19.0. The van der Waals surface area contributed by atoms with Crippen molar-refractivity contribution >= 4 is 21.6 Å². The van der Waals surface area contributed by atoms with Gasteiger partial charge >= 0.3 is 0 Å². The zero-order chi connectivity index (χ0) is 19.1. The molecule has 1 amide bonds. The molecule has 6 nitrogen and oxygen atoms in total. The number of carbonyl (C=O) groups is 1. The zero-order valence-corrected chi connectivity index (χ0v) is 16.0. The second kappa shape index (κ2) is 6.74. The number of hydrogen-bond donors (Lipinski definition) is 1. The van der Waals surface area contributed by atoms with Gasteiger partial charge in [0.2, 0.25) is 15.9 Å². The van der Waals surface area contributed by atoms with Crippen LogP contribution in [0.25, 0.3) is 11.1 Å². The van der Waals surface area contributed by atoms with Gasteiger partial charge in [0.1, 0.15) is 0 Å². The van der Waals surface area contributed by atoms with Crippen LogP contribution in [-0.4, -0.2) is 43.9 Å². The maximum atomic E-state index is 12.8. The van der Waals surface area contributed by atoms with Crippen molar-refractivity contribution < 1.29 is 17.9 Å². The summed E-state index contributed by atoms with van der Waals surface area (Å²) in [6, 6.07) is 14.3. The minimum absolute atomic E-state index is 0.118. The second-order valence-electron chi connectivity index (χ2n) is 7.19. The van der Waals surface area contributed by atoms with Crippen LogP contribution in [0, 0.1) is 0 Å². The molecular formula is C20H22N2O4S. The largest absolute Gasteiger partial charge is 0.372 e. The first-order valence-electron chi connectivity index (χ1n) is 9.00. The molecule has 2 saturated heterocycles. The molecule has 2 aromatic carbocycles. The summed E-state index contributed by atoms with van der Waals surface area (Å²) in [5.41, 5.74) is 2.35. The van der Waals surface area contributed by atoms with E-state index in [1.165, 1.54) is 11.2 Å². The third kappa shape index (κ3) is 3.50. The SMILES string of the molecule is CC(=O)Nc1ccc(-c2ccc(S(=O)(=O)N3CC4(CCCO4)C3)cc2)cc1. The highest BCUT2D eigenvalue weighted by Crippen LogP contribution is 2.38. The predicted molar refractivity (Wildman–Crippen MR) is 103 cm³/mol. The van der Waals surface area contributed by atoms with Crippen LogP contribution < -0.4 is 5.32 Å². The van der Waals surface area contributed by atoms with Crippen LogP contribution in [0.15, 0.2) is 53.4 Å². The van der Waals surface area contributed by atoms with Gasteiger partial charge in [-0.2, -0.15) is 4.31 Å². The van der Waals surface area contributed by atoms with E-state index in [2.05, 4.69) is 5.32 Å². The van der Waals surface area contributed by atoms with Gasteiger partial charge in [0.25, 0.3) is 0 Å². The van der Waals surface area contributed by atoms with Gasteiger partial charge in [0.05, 0.1) is 10.5 Å². The van der Waals surface area contributed by atoms with E-state index in [1.807, 2.05) is 36.4 Å². The van der Waals surface area contributed by atoms with Crippen molar-refractivity contribution in [3.63, 3.8) is 0 Å². The molecule has 0 saturated carbocycles. The van der Waals surface area contributed by atoms with Gasteiger partial charge in [-0.1, -0.05) is 24.3 Å². The number of rotatable bonds is 4. The number of anilines is 1. The second-order valence-corrected chi connectivity index (χ2v) is 9.13. The molecule has 4 rings (SSSR count). The van der Waals surface area contributed by atoms with Crippen LogP contribution in [-0.2, 0) is 19.6 Å². The lowest BCUT2D eigenvalue weighted by molar-refractivity contribution is -0.114. The number of nitrogens with one attached hydrogen (secondary N) is 1. The first kappa shape index (κ1) is 18.2. The summed E-state index contributed by atoms with van der Waals surface area (Å²) < 4.78 is 32.8. The molecule has 0 bridgehead atoms. The van der Waals surface area contributed by atoms with E-state index in [0.717, 1.165) is 36.3 Å². The molecule has 0 radical (unpaired) electrons. The zero-order valence-electron chi connectivity index (χ0n) is 15.1. The molecule has 2 aromatic rings. The third-order valence-electron chi connectivity index (χ3n) is 5.14. The van der Waals surface area contributed by atoms with Gasteiger partial charge in [-0.3, -0.25) is 4.79 Å². The number of nitrogens with zero attached hydrogens (tertiary/aromatic N) is 1. The Labute approximate surface area is 159 Å². The highest BCUT2D eigenvalue weighted by molar-refractivity contribution is 7.89. The predicted octanol–water partition coefficient (Wildman–Crippen LogP) is 2.87. The highest BCUT2D eigenvalue weighted by atomic mass is 32.2. The van der Waals surface area contributed by atoms with Crippen LogP contribution in [0.1, 0.15) is 19.8 Å². The average Bonchev–Trinajstić information content (AvgIpc) is 3.11. The van der Waals surface area contributed by atoms with E-state index < -0.39 is 10.0 Å². The fraction of sp³-hybridized carbons (Fsp3) is 0.350. The molecule has 1 N–H and O–H groups in total. The number of carbonyl (C=O) groups excluding carboxylic acids is 1. The molecule has 7 heteroatoms. The quantitative estimate of drug-likeness (QED) is 0.877. The van der Waals surface area contributed by atoms with Gasteiger partial charge in [-0.05, 0) is 48.2 Å². The molecule has 27 heavy (non-hydrogen) atoms. The molecule has 2 heterocycles. The molecule has 0 atom stereocenters. The Morgan fingerprint density at radius 1 is 1.04 bits per heavy atom. The van der Waals surface area contributed by atoms with E-state index >= 15 is 0 Å². The van der Waals surface area contributed by atoms with Gasteiger partial charge in [-0.25, -0.2) is 8.42 Å². The summed E-state index contributed by atoms with van der Waals surface area (Å²) in [5.74, 6) is -0.118. The summed E-state index contributed by atoms with van der Waals surface area (Å²) in [6.45, 7) is 3.08. The number of hydrogen-bond acceptors (Lipinski definition) is 4. The number of benzene rings is 2. The van der Waals surface area contributed by atoms with Crippen LogP contribution >= 0.6 is 0 Å². The minimum Gasteiger partial charge on any atom is -0.372 e. The maximum Gasteiger partial charge on any atom is 0.243 e. The lowest BCUT2D eigenvalue weighted by atomic mass is 9.94. The number of sulfonamides is 1. The Balaban J connectivity index is 1.48. The fourth-order valence-corrected chi connectivity index (χ4v) is 5.28. The van der Waals surface area contributed by atoms with E-state index in [1.54, 1.807) is 12.1 Å². The smallest absolute Gasteiger partial charge is 0.243 e. The van der Waals surface area contributed by atoms with Gasteiger partial charge in [-0.15, -0.1) is 0 Å². The molecular weight excluding hydrogens is 364 g/mol. The van der Waals surface area contributed by atoms with Crippen molar-refractivity contribution in [3.05, 3.63) is 48.5 Å². The van der Waals surface area contributed by atoms with Crippen molar-refractivity contribution in [1.82, 2.24) is 4.31 Å². The van der Waals surface area contributed by atoms with E-state index in [0.29, 0.717) is 18.0 Å². The summed E-state index contributed by atoms with van der Waals surface area (Å²) in [6.07, 6.45) is 1.94. The molecule has 0 aliphatic carbocycles. The summed E-state index contributed by atoms with van der Waals surface area (Å²) in [7, 11) is -3.48. The lowest BCUT2D eigenvalue weighted by Crippen LogP contribution is -2.62. The van der Waals surface area contributed by atoms with E-state index in [4.69, 9.17) is 4.74 Å². The highest BCUT2D eigenvalue weighted by Gasteiger charge is 2.51. The molecule has 2 fully saturated rings. The van der Waals surface area contributed by atoms with Gasteiger partial charge in [0.15, 0.2) is 0 Å². The number of ether oxygens (including phenoxy) is 1. The van der Waals surface area contributed by atoms with Crippen molar-refractivity contribution in [2.45, 2.75) is 30.3 Å². The Kier molecular flexibility index (Phi) is 4.53. The summed E-state index contributed by atoms with van der Waals surface area (Å²) in [4.78, 5) is 11.4. The average molecular weight is 386 g/mol.